The monoisotopic (exact) mass is 1060 g/mol. The first-order chi connectivity index (χ1) is 34.1. The molecule has 72 heavy (non-hydrogen) atoms. The molecule has 32 nitrogen and oxygen atoms in total. The smallest absolute Gasteiger partial charge is 0.302 e. The third-order valence-electron chi connectivity index (χ3n) is 13.2. The van der Waals surface area contributed by atoms with Crippen molar-refractivity contribution in [1.29, 1.82) is 0 Å². The van der Waals surface area contributed by atoms with E-state index in [-0.39, 0.29) is 0 Å². The quantitative estimate of drug-likeness (QED) is 0.100. The number of aliphatic hydroxyl groups excluding tert-OH is 16. The van der Waals surface area contributed by atoms with Crippen molar-refractivity contribution in [3.05, 3.63) is 0 Å². The molecule has 0 aromatic heterocycles. The van der Waals surface area contributed by atoms with Crippen LogP contribution in [-0.4, -0.2) is 318 Å². The highest BCUT2D eigenvalue weighted by molar-refractivity contribution is 5.66. The fraction of sp³-hybridized carbons (Fsp3) is 0.950. The lowest BCUT2D eigenvalue weighted by Crippen LogP contribution is -2.69. The van der Waals surface area contributed by atoms with Gasteiger partial charge in [0.1, 0.15) is 160 Å². The van der Waals surface area contributed by atoms with Crippen molar-refractivity contribution in [2.45, 2.75) is 198 Å². The molecule has 0 saturated carbocycles. The SMILES string of the molecule is CC(=O)OC[C@H]1O[C@@H]2O[C@H]3[C@H](O)[C@@H](O)[C@@H](O[C@H]4[C@H](O)[C@@H](O)[C@@H](O[C@H]5[C@H](O)[C@@H](O)[C@@H](O[C@H]6[C@H](O)[C@@H](O)[C@@H](O[C@H]7[C@H](O)[C@@H](O)[C@@H](O[C@H]1[C@H](O)[C@H]2O)O[C@@H]7CO)O[C@@H]6COC(C)=O)O[C@@H]5CO)O[C@@H]4CO)O[C@@H]3CO. The van der Waals surface area contributed by atoms with E-state index in [1.165, 1.54) is 0 Å². The van der Waals surface area contributed by atoms with Gasteiger partial charge in [-0.05, 0) is 0 Å². The first kappa shape index (κ1) is 57.5. The molecule has 30 atom stereocenters. The molecule has 22 rings (SSSR count). The van der Waals surface area contributed by atoms with E-state index in [2.05, 4.69) is 0 Å². The van der Waals surface area contributed by atoms with Crippen molar-refractivity contribution in [3.63, 3.8) is 0 Å². The summed E-state index contributed by atoms with van der Waals surface area (Å²) in [6.45, 7) is -3.67. The Kier molecular flexibility index (Phi) is 19.5. The zero-order valence-corrected chi connectivity index (χ0v) is 38.3. The summed E-state index contributed by atoms with van der Waals surface area (Å²) >= 11 is 0. The third-order valence-corrected chi connectivity index (χ3v) is 13.2. The second-order valence-corrected chi connectivity index (χ2v) is 18.1. The maximum absolute atomic E-state index is 11.9. The highest BCUT2D eigenvalue weighted by Crippen LogP contribution is 2.38. The summed E-state index contributed by atoms with van der Waals surface area (Å²) in [6.07, 6.45) is -59.7. The van der Waals surface area contributed by atoms with E-state index in [4.69, 9.17) is 66.3 Å². The summed E-state index contributed by atoms with van der Waals surface area (Å²) in [5.74, 6) is -1.78. The van der Waals surface area contributed by atoms with Crippen LogP contribution in [0.5, 0.6) is 0 Å². The van der Waals surface area contributed by atoms with Gasteiger partial charge >= 0.3 is 11.9 Å². The molecule has 16 N–H and O–H groups in total. The lowest BCUT2D eigenvalue weighted by Gasteiger charge is -2.50. The predicted molar refractivity (Wildman–Crippen MR) is 215 cm³/mol. The van der Waals surface area contributed by atoms with Gasteiger partial charge in [-0.3, -0.25) is 9.59 Å². The minimum absolute atomic E-state index is 0.779. The Balaban J connectivity index is 1.22. The number of aliphatic hydroxyl groups is 16. The van der Waals surface area contributed by atoms with Crippen molar-refractivity contribution in [2.75, 3.05) is 39.6 Å². The van der Waals surface area contributed by atoms with Crippen molar-refractivity contribution in [3.8, 4) is 0 Å². The Labute approximate surface area is 407 Å². The largest absolute Gasteiger partial charge is 0.463 e. The molecule has 0 amide bonds. The van der Waals surface area contributed by atoms with Gasteiger partial charge < -0.3 is 148 Å². The summed E-state index contributed by atoms with van der Waals surface area (Å²) in [6, 6.07) is 0. The van der Waals surface area contributed by atoms with Crippen LogP contribution in [0.3, 0.4) is 0 Å². The van der Waals surface area contributed by atoms with Gasteiger partial charge in [0.05, 0.1) is 26.4 Å². The van der Waals surface area contributed by atoms with Crippen LogP contribution in [0.25, 0.3) is 0 Å². The summed E-state index contributed by atoms with van der Waals surface area (Å²) < 4.78 is 79.1. The minimum atomic E-state index is -2.21. The predicted octanol–water partition coefficient (Wildman–Crippen LogP) is -11.9. The van der Waals surface area contributed by atoms with Crippen molar-refractivity contribution in [2.24, 2.45) is 0 Å². The van der Waals surface area contributed by atoms with Crippen LogP contribution >= 0.6 is 0 Å². The number of carbonyl (C=O) groups excluding carboxylic acids is 2. The van der Waals surface area contributed by atoms with E-state index in [9.17, 15) is 91.3 Å². The molecule has 0 radical (unpaired) electrons. The topological polar surface area (TPSA) is 487 Å². The summed E-state index contributed by atoms with van der Waals surface area (Å²) in [5, 5.41) is 178. The van der Waals surface area contributed by atoms with Gasteiger partial charge in [-0.15, -0.1) is 0 Å². The van der Waals surface area contributed by atoms with Crippen LogP contribution < -0.4 is 0 Å². The summed E-state index contributed by atoms with van der Waals surface area (Å²) in [7, 11) is 0. The van der Waals surface area contributed by atoms with Gasteiger partial charge in [-0.25, -0.2) is 0 Å². The van der Waals surface area contributed by atoms with E-state index < -0.39 is 236 Å². The highest BCUT2D eigenvalue weighted by Gasteiger charge is 2.59. The molecule has 32 heteroatoms. The molecule has 22 fully saturated rings. The van der Waals surface area contributed by atoms with Crippen LogP contribution in [0.2, 0.25) is 0 Å². The Morgan fingerprint density at radius 2 is 0.458 bits per heavy atom. The number of hydrogen-bond acceptors (Lipinski definition) is 32. The molecule has 12 bridgehead atoms. The maximum Gasteiger partial charge on any atom is 0.302 e. The summed E-state index contributed by atoms with van der Waals surface area (Å²) in [4.78, 5) is 23.9. The highest BCUT2D eigenvalue weighted by atomic mass is 16.8. The molecule has 0 aromatic rings. The number of ether oxygens (including phenoxy) is 14. The molecule has 0 aromatic carbocycles. The molecule has 0 spiro atoms. The third kappa shape index (κ3) is 11.9. The standard InChI is InChI=1S/C40H64O32/c1-9(45)59-7-15-33-22(52)28(58)40(66-15)70-32-14(6-44)64-38(26(56)20(32)50)72-34-16(8-60-10(2)46)65-39(27(57)21(34)51)69-31-13(5-43)62-36(24(54)18(31)48)67-29-11(3-41)61-35(23(53)17(29)47)68-30-12(4-42)63-37(71-33)25(55)19(30)49/h11-44,47-58H,3-8H2,1-2H3/t11-,12-,13-,14-,15-,16-,17-,18-,19-,20-,21-,22-,23-,24-,25-,26-,27-,28-,29-,30-,31-,32-,33-,34-,35-,36-,37-,38-,39-,40-/m1/s1. The Morgan fingerprint density at radius 1 is 0.292 bits per heavy atom. The van der Waals surface area contributed by atoms with Gasteiger partial charge in [0.25, 0.3) is 0 Å². The fourth-order valence-electron chi connectivity index (χ4n) is 9.30. The van der Waals surface area contributed by atoms with E-state index >= 15 is 0 Å². The summed E-state index contributed by atoms with van der Waals surface area (Å²) in [5.41, 5.74) is 0. The van der Waals surface area contributed by atoms with Crippen molar-refractivity contribution < 1.29 is 158 Å². The van der Waals surface area contributed by atoms with Gasteiger partial charge in [0.2, 0.25) is 0 Å². The van der Waals surface area contributed by atoms with E-state index in [1.807, 2.05) is 0 Å². The van der Waals surface area contributed by atoms with Gasteiger partial charge in [0, 0.05) is 13.8 Å². The van der Waals surface area contributed by atoms with Gasteiger partial charge in [0.15, 0.2) is 37.7 Å². The zero-order chi connectivity index (χ0) is 52.6. The van der Waals surface area contributed by atoms with Crippen molar-refractivity contribution >= 4 is 11.9 Å². The van der Waals surface area contributed by atoms with E-state index in [0.717, 1.165) is 13.8 Å². The molecule has 0 aliphatic carbocycles. The Bertz CT molecular complexity index is 1730. The first-order valence-electron chi connectivity index (χ1n) is 22.9. The fourth-order valence-corrected chi connectivity index (χ4v) is 9.30. The van der Waals surface area contributed by atoms with E-state index in [1.54, 1.807) is 0 Å². The molecular formula is C40H64O32. The lowest BCUT2D eigenvalue weighted by molar-refractivity contribution is -0.404. The van der Waals surface area contributed by atoms with Crippen molar-refractivity contribution in [1.82, 2.24) is 0 Å². The van der Waals surface area contributed by atoms with Gasteiger partial charge in [-0.2, -0.15) is 0 Å². The second-order valence-electron chi connectivity index (χ2n) is 18.1. The lowest BCUT2D eigenvalue weighted by atomic mass is 9.94. The molecular weight excluding hydrogens is 992 g/mol. The minimum Gasteiger partial charge on any atom is -0.463 e. The van der Waals surface area contributed by atoms with Gasteiger partial charge in [-0.1, -0.05) is 0 Å². The average molecular weight is 1060 g/mol. The van der Waals surface area contributed by atoms with Crippen LogP contribution in [0.1, 0.15) is 13.8 Å². The number of rotatable bonds is 8. The van der Waals surface area contributed by atoms with Crippen LogP contribution in [0.15, 0.2) is 0 Å². The second kappa shape index (κ2) is 24.4. The Morgan fingerprint density at radius 3 is 0.625 bits per heavy atom. The molecule has 22 aliphatic heterocycles. The molecule has 416 valence electrons. The first-order valence-corrected chi connectivity index (χ1v) is 22.9. The zero-order valence-electron chi connectivity index (χ0n) is 38.3. The van der Waals surface area contributed by atoms with E-state index in [0.29, 0.717) is 0 Å². The van der Waals surface area contributed by atoms with Crippen LogP contribution in [-0.2, 0) is 75.9 Å². The molecule has 22 aliphatic rings. The van der Waals surface area contributed by atoms with Crippen LogP contribution in [0.4, 0.5) is 0 Å². The number of carbonyl (C=O) groups is 2. The number of esters is 2. The number of hydrogen-bond donors (Lipinski definition) is 16. The molecule has 0 unspecified atom stereocenters. The molecule has 22 heterocycles. The average Bonchev–Trinajstić information content (AvgIpc) is 3.35. The molecule has 22 saturated heterocycles. The Hall–Kier alpha value is -2.18. The normalized spacial score (nSPS) is 51.5. The van der Waals surface area contributed by atoms with Crippen LogP contribution in [0, 0.1) is 0 Å². The maximum atomic E-state index is 11.9.